The normalized spacial score (nSPS) is 28.3. The average Bonchev–Trinajstić information content (AvgIpc) is 2.46. The van der Waals surface area contributed by atoms with Gasteiger partial charge in [-0.3, -0.25) is 0 Å². The van der Waals surface area contributed by atoms with Crippen LogP contribution in [-0.4, -0.2) is 74.6 Å². The molecule has 0 aromatic carbocycles. The molecule has 0 aromatic heterocycles. The van der Waals surface area contributed by atoms with Crippen molar-refractivity contribution in [3.05, 3.63) is 24.3 Å². The molecule has 0 amide bonds. The van der Waals surface area contributed by atoms with Crippen molar-refractivity contribution < 1.29 is 0 Å². The van der Waals surface area contributed by atoms with Gasteiger partial charge in [-0.1, -0.05) is 18.7 Å². The van der Waals surface area contributed by atoms with Gasteiger partial charge < -0.3 is 14.7 Å². The molecule has 1 unspecified atom stereocenters. The largest absolute Gasteiger partial charge is 0.303 e. The van der Waals surface area contributed by atoms with E-state index in [2.05, 4.69) is 47.5 Å². The van der Waals surface area contributed by atoms with Crippen molar-refractivity contribution in [2.75, 3.05) is 59.9 Å². The zero-order chi connectivity index (χ0) is 15.8. The third-order valence-corrected chi connectivity index (χ3v) is 4.91. The fraction of sp³-hybridized carbons (Fsp3) is 0.789. The van der Waals surface area contributed by atoms with Gasteiger partial charge in [0.05, 0.1) is 0 Å². The van der Waals surface area contributed by atoms with Crippen LogP contribution in [0.25, 0.3) is 0 Å². The monoisotopic (exact) mass is 305 g/mol. The van der Waals surface area contributed by atoms with Gasteiger partial charge in [-0.2, -0.15) is 0 Å². The molecule has 22 heavy (non-hydrogen) atoms. The summed E-state index contributed by atoms with van der Waals surface area (Å²) in [5.41, 5.74) is 1.34. The van der Waals surface area contributed by atoms with E-state index in [1.807, 2.05) is 0 Å². The Morgan fingerprint density at radius 2 is 1.64 bits per heavy atom. The number of hydrogen-bond acceptors (Lipinski definition) is 3. The van der Waals surface area contributed by atoms with Crippen molar-refractivity contribution in [2.45, 2.75) is 32.1 Å². The first-order valence-electron chi connectivity index (χ1n) is 9.04. The van der Waals surface area contributed by atoms with Crippen LogP contribution in [0.4, 0.5) is 0 Å². The molecule has 3 heteroatoms. The summed E-state index contributed by atoms with van der Waals surface area (Å²) in [4.78, 5) is 7.58. The van der Waals surface area contributed by atoms with E-state index in [-0.39, 0.29) is 0 Å². The summed E-state index contributed by atoms with van der Waals surface area (Å²) in [6.45, 7) is 12.5. The lowest BCUT2D eigenvalue weighted by atomic mass is 9.94. The Hall–Kier alpha value is -0.640. The van der Waals surface area contributed by atoms with E-state index < -0.39 is 0 Å². The van der Waals surface area contributed by atoms with Crippen molar-refractivity contribution in [1.29, 1.82) is 0 Å². The quantitative estimate of drug-likeness (QED) is 0.726. The zero-order valence-electron chi connectivity index (χ0n) is 14.8. The van der Waals surface area contributed by atoms with E-state index >= 15 is 0 Å². The molecule has 2 rings (SSSR count). The van der Waals surface area contributed by atoms with Gasteiger partial charge in [0, 0.05) is 19.6 Å². The number of allylic oxidation sites excluding steroid dienone is 2. The molecule has 0 N–H and O–H groups in total. The average molecular weight is 306 g/mol. The predicted octanol–water partition coefficient (Wildman–Crippen LogP) is 2.86. The van der Waals surface area contributed by atoms with Crippen molar-refractivity contribution in [2.24, 2.45) is 5.92 Å². The highest BCUT2D eigenvalue weighted by Gasteiger charge is 2.16. The minimum absolute atomic E-state index is 0.883. The molecule has 0 aromatic rings. The number of likely N-dealkylation sites (N-methyl/N-ethyl adjacent to an activating group) is 2. The van der Waals surface area contributed by atoms with E-state index in [0.29, 0.717) is 0 Å². The van der Waals surface area contributed by atoms with Gasteiger partial charge in [0.1, 0.15) is 0 Å². The van der Waals surface area contributed by atoms with Crippen LogP contribution >= 0.6 is 0 Å². The van der Waals surface area contributed by atoms with Crippen LogP contribution in [0.1, 0.15) is 32.1 Å². The summed E-state index contributed by atoms with van der Waals surface area (Å²) < 4.78 is 0. The molecule has 0 bridgehead atoms. The lowest BCUT2D eigenvalue weighted by Crippen LogP contribution is -2.37. The van der Waals surface area contributed by atoms with Crippen LogP contribution in [0.2, 0.25) is 0 Å². The highest BCUT2D eigenvalue weighted by molar-refractivity contribution is 4.99. The molecular weight excluding hydrogens is 270 g/mol. The Kier molecular flexibility index (Phi) is 7.64. The Morgan fingerprint density at radius 3 is 2.18 bits per heavy atom. The molecule has 3 nitrogen and oxygen atoms in total. The first-order chi connectivity index (χ1) is 10.6. The second-order valence-corrected chi connectivity index (χ2v) is 7.38. The van der Waals surface area contributed by atoms with Gasteiger partial charge in [0.15, 0.2) is 0 Å². The molecule has 0 saturated carbocycles. The van der Waals surface area contributed by atoms with Crippen LogP contribution in [0.15, 0.2) is 24.3 Å². The predicted molar refractivity (Wildman–Crippen MR) is 96.3 cm³/mol. The molecule has 1 atom stereocenters. The highest BCUT2D eigenvalue weighted by Crippen LogP contribution is 2.19. The molecule has 1 heterocycles. The molecule has 1 fully saturated rings. The van der Waals surface area contributed by atoms with Crippen LogP contribution in [0.5, 0.6) is 0 Å². The Morgan fingerprint density at radius 1 is 1.00 bits per heavy atom. The standard InChI is InChI=1S/C19H35N3/c1-18-15-20(2)11-7-13-22(14-8-12-21(3)16-18)17-19-9-5-4-6-10-19/h4-5,19H,1,6-17H2,2-3H3. The third kappa shape index (κ3) is 6.64. The van der Waals surface area contributed by atoms with Gasteiger partial charge in [0.2, 0.25) is 0 Å². The zero-order valence-corrected chi connectivity index (χ0v) is 14.8. The van der Waals surface area contributed by atoms with Crippen LogP contribution in [0.3, 0.4) is 0 Å². The lowest BCUT2D eigenvalue weighted by Gasteiger charge is -2.31. The molecule has 126 valence electrons. The summed E-state index contributed by atoms with van der Waals surface area (Å²) in [6.07, 6.45) is 11.3. The molecular formula is C19H35N3. The molecule has 1 saturated heterocycles. The number of hydrogen-bond donors (Lipinski definition) is 0. The van der Waals surface area contributed by atoms with Gasteiger partial charge in [0.25, 0.3) is 0 Å². The van der Waals surface area contributed by atoms with Gasteiger partial charge >= 0.3 is 0 Å². The Labute approximate surface area is 137 Å². The summed E-state index contributed by atoms with van der Waals surface area (Å²) in [5.74, 6) is 0.883. The van der Waals surface area contributed by atoms with Crippen LogP contribution < -0.4 is 0 Å². The lowest BCUT2D eigenvalue weighted by molar-refractivity contribution is 0.193. The molecule has 1 aliphatic carbocycles. The topological polar surface area (TPSA) is 9.72 Å². The van der Waals surface area contributed by atoms with Crippen molar-refractivity contribution in [3.8, 4) is 0 Å². The number of nitrogens with zero attached hydrogens (tertiary/aromatic N) is 3. The third-order valence-electron chi connectivity index (χ3n) is 4.91. The summed E-state index contributed by atoms with van der Waals surface area (Å²) in [6, 6.07) is 0. The molecule has 0 radical (unpaired) electrons. The first-order valence-corrected chi connectivity index (χ1v) is 9.04. The summed E-state index contributed by atoms with van der Waals surface area (Å²) >= 11 is 0. The van der Waals surface area contributed by atoms with E-state index in [0.717, 1.165) is 19.0 Å². The van der Waals surface area contributed by atoms with E-state index in [4.69, 9.17) is 0 Å². The summed E-state index contributed by atoms with van der Waals surface area (Å²) in [7, 11) is 4.46. The van der Waals surface area contributed by atoms with Gasteiger partial charge in [-0.15, -0.1) is 0 Å². The molecule has 2 aliphatic rings. The van der Waals surface area contributed by atoms with Crippen molar-refractivity contribution in [1.82, 2.24) is 14.7 Å². The number of rotatable bonds is 2. The van der Waals surface area contributed by atoms with E-state index in [1.165, 1.54) is 70.4 Å². The minimum Gasteiger partial charge on any atom is -0.303 e. The van der Waals surface area contributed by atoms with E-state index in [9.17, 15) is 0 Å². The smallest absolute Gasteiger partial charge is 0.0199 e. The van der Waals surface area contributed by atoms with Crippen molar-refractivity contribution >= 4 is 0 Å². The summed E-state index contributed by atoms with van der Waals surface area (Å²) in [5, 5.41) is 0. The molecule has 1 aliphatic heterocycles. The Bertz CT molecular complexity index is 344. The molecule has 0 spiro atoms. The highest BCUT2D eigenvalue weighted by atomic mass is 15.2. The minimum atomic E-state index is 0.883. The maximum Gasteiger partial charge on any atom is 0.0199 e. The van der Waals surface area contributed by atoms with Crippen LogP contribution in [0, 0.1) is 5.92 Å². The second kappa shape index (κ2) is 9.49. The first kappa shape index (κ1) is 17.7. The SMILES string of the molecule is C=C1CN(C)CCCN(CC2CC=CCC2)CCCN(C)C1. The van der Waals surface area contributed by atoms with Crippen molar-refractivity contribution in [3.63, 3.8) is 0 Å². The van der Waals surface area contributed by atoms with Crippen LogP contribution in [-0.2, 0) is 0 Å². The fourth-order valence-corrected chi connectivity index (χ4v) is 3.78. The van der Waals surface area contributed by atoms with E-state index in [1.54, 1.807) is 0 Å². The van der Waals surface area contributed by atoms with Gasteiger partial charge in [-0.25, -0.2) is 0 Å². The Balaban J connectivity index is 1.84. The maximum absolute atomic E-state index is 4.24. The van der Waals surface area contributed by atoms with Gasteiger partial charge in [-0.05, 0) is 83.9 Å². The maximum atomic E-state index is 4.24. The fourth-order valence-electron chi connectivity index (χ4n) is 3.78. The second-order valence-electron chi connectivity index (χ2n) is 7.38.